The molecule has 4 aliphatic heterocycles. The van der Waals surface area contributed by atoms with Crippen molar-refractivity contribution >= 4 is 94.4 Å². The molecule has 0 spiro atoms. The molecule has 0 atom stereocenters. The second-order valence-electron chi connectivity index (χ2n) is 20.4. The van der Waals surface area contributed by atoms with E-state index in [1.807, 2.05) is 62.8 Å². The summed E-state index contributed by atoms with van der Waals surface area (Å²) in [6.07, 6.45) is 9.46. The standard InChI is InChI=1S/C25H30ClN5O2.C16H20ClN3O3.C15H18ClN3O3.CH4.B/c1-28-23-16-20(26)2-3-22(23)31(25(28)33)21-8-14-30(15-9-21)24(32)19-6-12-29(13-7-19)17-18-4-10-27-11-5-18;1-3-23-16(22)19-8-6-12(7-9-19)20-13-5-4-11(17)10-14(13)18(2)15(20)21;1-2-22-15(21)18-7-5-11(6-8-18)19-13-4-3-10(16)9-12(13)17-14(19)20;;/h2-5,10-11,16,19,21H,6-9,12-15,17H2,1H3;4-5,10,12H,3,6-9H2,1-2H3;3-4,9,11H,2,5-8H2,1H3,(H,17,20);1H4;. The SMILES string of the molecule is C.CCOC(=O)N1CCC(n2c(=O)[nH]c3cc(Cl)ccc32)CC1.CCOC(=O)N1CCC(n2c(=O)n(C)c3cc(Cl)ccc32)CC1.Cn1c(=O)n(C2CCN(C(=O)C3CCN(Cc4ccncc4)CC3)CC2)c2ccc(Cl)cc21.[B]. The van der Waals surface area contributed by atoms with E-state index in [1.54, 1.807) is 69.6 Å². The van der Waals surface area contributed by atoms with Crippen molar-refractivity contribution < 1.29 is 23.9 Å². The molecule has 11 rings (SSSR count). The number of aromatic nitrogens is 7. The predicted molar refractivity (Wildman–Crippen MR) is 315 cm³/mol. The van der Waals surface area contributed by atoms with E-state index in [1.165, 1.54) is 5.56 Å². The molecule has 427 valence electrons. The zero-order valence-electron chi connectivity index (χ0n) is 45.2. The van der Waals surface area contributed by atoms with E-state index in [0.29, 0.717) is 67.6 Å². The van der Waals surface area contributed by atoms with Crippen LogP contribution < -0.4 is 17.1 Å². The van der Waals surface area contributed by atoms with Crippen LogP contribution in [0.15, 0.2) is 93.5 Å². The molecule has 4 fully saturated rings. The number of benzene rings is 3. The second-order valence-corrected chi connectivity index (χ2v) is 21.8. The number of H-pyrrole nitrogens is 1. The molecule has 8 heterocycles. The van der Waals surface area contributed by atoms with Crippen molar-refractivity contribution in [3.05, 3.63) is 131 Å². The normalized spacial score (nSPS) is 16.8. The van der Waals surface area contributed by atoms with Crippen LogP contribution in [0.25, 0.3) is 33.1 Å². The highest BCUT2D eigenvalue weighted by molar-refractivity contribution is 6.31. The van der Waals surface area contributed by atoms with Crippen LogP contribution >= 0.6 is 34.8 Å². The number of piperidine rings is 4. The van der Waals surface area contributed by atoms with Gasteiger partial charge < -0.3 is 29.2 Å². The molecule has 0 unspecified atom stereocenters. The number of carbonyl (C=O) groups is 3. The summed E-state index contributed by atoms with van der Waals surface area (Å²) < 4.78 is 18.8. The zero-order chi connectivity index (χ0) is 55.2. The number of hydrogen-bond acceptors (Lipinski definition) is 10. The molecule has 0 bridgehead atoms. The smallest absolute Gasteiger partial charge is 0.409 e. The lowest BCUT2D eigenvalue weighted by Crippen LogP contribution is -2.46. The number of halogens is 3. The summed E-state index contributed by atoms with van der Waals surface area (Å²) in [7, 11) is 3.54. The van der Waals surface area contributed by atoms with Gasteiger partial charge in [-0.3, -0.25) is 37.5 Å². The molecule has 80 heavy (non-hydrogen) atoms. The molecule has 4 aromatic heterocycles. The molecule has 19 nitrogen and oxygen atoms in total. The van der Waals surface area contributed by atoms with Crippen molar-refractivity contribution in [3.63, 3.8) is 0 Å². The van der Waals surface area contributed by atoms with Crippen LogP contribution in [0.2, 0.25) is 15.1 Å². The van der Waals surface area contributed by atoms with E-state index in [4.69, 9.17) is 44.3 Å². The van der Waals surface area contributed by atoms with Crippen LogP contribution in [0.5, 0.6) is 0 Å². The van der Waals surface area contributed by atoms with Crippen molar-refractivity contribution in [2.45, 2.75) is 97.3 Å². The van der Waals surface area contributed by atoms with E-state index in [2.05, 4.69) is 27.0 Å². The Balaban J connectivity index is 0.000000176. The minimum Gasteiger partial charge on any atom is -0.450 e. The van der Waals surface area contributed by atoms with Gasteiger partial charge in [-0.15, -0.1) is 0 Å². The Labute approximate surface area is 482 Å². The third-order valence-corrected chi connectivity index (χ3v) is 16.4. The van der Waals surface area contributed by atoms with Gasteiger partial charge in [0.2, 0.25) is 5.91 Å². The molecular weight excluding hydrogens is 1080 g/mol. The average molecular weight is 1160 g/mol. The first-order chi connectivity index (χ1) is 37.6. The van der Waals surface area contributed by atoms with Crippen LogP contribution in [0.3, 0.4) is 0 Å². The quantitative estimate of drug-likeness (QED) is 0.144. The number of imidazole rings is 3. The lowest BCUT2D eigenvalue weighted by Gasteiger charge is -2.37. The molecule has 3 radical (unpaired) electrons. The van der Waals surface area contributed by atoms with Crippen LogP contribution in [0, 0.1) is 5.92 Å². The number of ether oxygens (including phenoxy) is 2. The molecule has 4 saturated heterocycles. The summed E-state index contributed by atoms with van der Waals surface area (Å²) in [6, 6.07) is 20.9. The first-order valence-electron chi connectivity index (χ1n) is 27.0. The van der Waals surface area contributed by atoms with Gasteiger partial charge in [-0.1, -0.05) is 42.2 Å². The van der Waals surface area contributed by atoms with Crippen molar-refractivity contribution in [2.75, 3.05) is 65.6 Å². The molecule has 3 amide bonds. The number of pyridine rings is 1. The van der Waals surface area contributed by atoms with E-state index in [9.17, 15) is 28.8 Å². The summed E-state index contributed by atoms with van der Waals surface area (Å²) in [5, 5.41) is 1.84. The topological polar surface area (TPSA) is 187 Å². The maximum absolute atomic E-state index is 13.2. The number of carbonyl (C=O) groups excluding carboxylic acids is 3. The predicted octanol–water partition coefficient (Wildman–Crippen LogP) is 9.28. The molecule has 1 N–H and O–H groups in total. The molecule has 4 aliphatic rings. The monoisotopic (exact) mass is 1150 g/mol. The average Bonchev–Trinajstić information content (AvgIpc) is 4.08. The Morgan fingerprint density at radius 3 is 1.41 bits per heavy atom. The summed E-state index contributed by atoms with van der Waals surface area (Å²) in [4.78, 5) is 89.2. The van der Waals surface area contributed by atoms with Gasteiger partial charge in [0.25, 0.3) is 0 Å². The maximum atomic E-state index is 13.2. The van der Waals surface area contributed by atoms with Gasteiger partial charge in [-0.05, 0) is 151 Å². The molecule has 23 heteroatoms. The molecule has 0 saturated carbocycles. The fourth-order valence-corrected chi connectivity index (χ4v) is 12.1. The fourth-order valence-electron chi connectivity index (χ4n) is 11.6. The highest BCUT2D eigenvalue weighted by atomic mass is 35.5. The number of nitrogens with zero attached hydrogens (tertiary/aromatic N) is 10. The summed E-state index contributed by atoms with van der Waals surface area (Å²) in [6.45, 7) is 10.9. The first-order valence-corrected chi connectivity index (χ1v) is 28.1. The number of amides is 3. The summed E-state index contributed by atoms with van der Waals surface area (Å²) in [5.41, 5.74) is 6.15. The largest absolute Gasteiger partial charge is 0.450 e. The highest BCUT2D eigenvalue weighted by Gasteiger charge is 2.33. The Morgan fingerprint density at radius 1 is 0.550 bits per heavy atom. The van der Waals surface area contributed by atoms with E-state index in [-0.39, 0.29) is 75.0 Å². The van der Waals surface area contributed by atoms with Crippen molar-refractivity contribution in [1.82, 2.24) is 52.4 Å². The second kappa shape index (κ2) is 27.3. The van der Waals surface area contributed by atoms with Crippen LogP contribution in [-0.4, -0.2) is 144 Å². The lowest BCUT2D eigenvalue weighted by atomic mass is 9.93. The molecule has 7 aromatic rings. The highest BCUT2D eigenvalue weighted by Crippen LogP contribution is 2.31. The minimum atomic E-state index is -0.279. The fraction of sp³-hybridized carbons (Fsp3) is 0.491. The lowest BCUT2D eigenvalue weighted by molar-refractivity contribution is -0.138. The Morgan fingerprint density at radius 2 is 0.963 bits per heavy atom. The van der Waals surface area contributed by atoms with Crippen LogP contribution in [-0.2, 0) is 34.9 Å². The van der Waals surface area contributed by atoms with Gasteiger partial charge in [0, 0.05) is 120 Å². The summed E-state index contributed by atoms with van der Waals surface area (Å²) in [5.74, 6) is 0.395. The van der Waals surface area contributed by atoms with E-state index in [0.717, 1.165) is 104 Å². The molecular formula is C57H72BCl3N11O8. The molecule has 0 aliphatic carbocycles. The number of aryl methyl sites for hydroxylation is 2. The third kappa shape index (κ3) is 13.5. The van der Waals surface area contributed by atoms with Gasteiger partial charge in [-0.25, -0.2) is 24.0 Å². The molecule has 3 aromatic carbocycles. The Bertz CT molecular complexity index is 3430. The Kier molecular flexibility index (Phi) is 20.9. The van der Waals surface area contributed by atoms with Crippen molar-refractivity contribution in [2.24, 2.45) is 20.0 Å². The third-order valence-electron chi connectivity index (χ3n) is 15.7. The summed E-state index contributed by atoms with van der Waals surface area (Å²) >= 11 is 18.1. The van der Waals surface area contributed by atoms with Gasteiger partial charge in [-0.2, -0.15) is 0 Å². The minimum absolute atomic E-state index is 0. The van der Waals surface area contributed by atoms with Gasteiger partial charge in [0.1, 0.15) is 0 Å². The van der Waals surface area contributed by atoms with E-state index < -0.39 is 0 Å². The number of nitrogens with one attached hydrogen (secondary N) is 1. The van der Waals surface area contributed by atoms with Crippen molar-refractivity contribution in [1.29, 1.82) is 0 Å². The maximum Gasteiger partial charge on any atom is 0.409 e. The van der Waals surface area contributed by atoms with Gasteiger partial charge in [0.15, 0.2) is 0 Å². The number of rotatable bonds is 8. The van der Waals surface area contributed by atoms with Crippen molar-refractivity contribution in [3.8, 4) is 0 Å². The van der Waals surface area contributed by atoms with Crippen LogP contribution in [0.1, 0.15) is 96.3 Å². The number of aromatic amines is 1. The van der Waals surface area contributed by atoms with Crippen LogP contribution in [0.4, 0.5) is 9.59 Å². The number of hydrogen-bond donors (Lipinski definition) is 1. The van der Waals surface area contributed by atoms with Gasteiger partial charge in [0.05, 0.1) is 46.3 Å². The first kappa shape index (κ1) is 61.2. The number of likely N-dealkylation sites (tertiary alicyclic amines) is 4. The number of fused-ring (bicyclic) bond motifs is 3. The zero-order valence-corrected chi connectivity index (χ0v) is 47.5. The van der Waals surface area contributed by atoms with Gasteiger partial charge >= 0.3 is 29.3 Å². The Hall–Kier alpha value is -6.48. The van der Waals surface area contributed by atoms with E-state index >= 15 is 0 Å².